The van der Waals surface area contributed by atoms with Crippen LogP contribution in [0.15, 0.2) is 61.4 Å². The van der Waals surface area contributed by atoms with Crippen LogP contribution in [0.2, 0.25) is 0 Å². The lowest BCUT2D eigenvalue weighted by Gasteiger charge is -2.08. The number of nitrogens with zero attached hydrogens (tertiary/aromatic N) is 2. The third-order valence-corrected chi connectivity index (χ3v) is 3.50. The summed E-state index contributed by atoms with van der Waals surface area (Å²) in [5.74, 6) is -0.234. The molecule has 5 heteroatoms. The Morgan fingerprint density at radius 1 is 1.35 bits per heavy atom. The molecule has 0 saturated carbocycles. The minimum Gasteiger partial charge on any atom is -0.380 e. The number of imidazole rings is 1. The van der Waals surface area contributed by atoms with Gasteiger partial charge in [-0.1, -0.05) is 18.7 Å². The molecule has 0 fully saturated rings. The number of rotatable bonds is 5. The molecule has 0 bridgehead atoms. The Balaban J connectivity index is 1.98. The summed E-state index contributed by atoms with van der Waals surface area (Å²) in [5, 5.41) is 2.76. The van der Waals surface area contributed by atoms with Gasteiger partial charge in [-0.15, -0.1) is 0 Å². The number of aromatic nitrogens is 2. The minimum absolute atomic E-state index is 0.234. The summed E-state index contributed by atoms with van der Waals surface area (Å²) in [4.78, 5) is 15.9. The highest BCUT2D eigenvalue weighted by atomic mass is 16.5. The number of carbonyl (C=O) groups is 1. The van der Waals surface area contributed by atoms with Crippen LogP contribution in [0, 0.1) is 0 Å². The topological polar surface area (TPSA) is 56.2 Å². The quantitative estimate of drug-likeness (QED) is 0.736. The average molecular weight is 307 g/mol. The number of fused-ring (bicyclic) bond motifs is 1. The summed E-state index contributed by atoms with van der Waals surface area (Å²) in [6.45, 7) is 4.02. The fourth-order valence-electron chi connectivity index (χ4n) is 2.45. The molecule has 0 aliphatic heterocycles. The van der Waals surface area contributed by atoms with Gasteiger partial charge < -0.3 is 10.1 Å². The van der Waals surface area contributed by atoms with E-state index in [0.29, 0.717) is 12.3 Å². The lowest BCUT2D eigenvalue weighted by Crippen LogP contribution is -2.07. The number of amides is 1. The number of benzene rings is 2. The second-order valence-corrected chi connectivity index (χ2v) is 5.11. The lowest BCUT2D eigenvalue weighted by molar-refractivity contribution is -0.111. The Kier molecular flexibility index (Phi) is 4.21. The van der Waals surface area contributed by atoms with Crippen molar-refractivity contribution in [3.8, 4) is 5.69 Å². The lowest BCUT2D eigenvalue weighted by atomic mass is 10.2. The third kappa shape index (κ3) is 3.14. The van der Waals surface area contributed by atoms with Gasteiger partial charge in [0.1, 0.15) is 6.33 Å². The van der Waals surface area contributed by atoms with Crippen molar-refractivity contribution in [3.63, 3.8) is 0 Å². The molecule has 0 saturated heterocycles. The highest BCUT2D eigenvalue weighted by Crippen LogP contribution is 2.22. The fraction of sp³-hybridized carbons (Fsp3) is 0.111. The van der Waals surface area contributed by atoms with Crippen LogP contribution in [0.4, 0.5) is 5.69 Å². The summed E-state index contributed by atoms with van der Waals surface area (Å²) >= 11 is 0. The third-order valence-electron chi connectivity index (χ3n) is 3.50. The largest absolute Gasteiger partial charge is 0.380 e. The molecule has 0 atom stereocenters. The molecule has 1 amide bonds. The van der Waals surface area contributed by atoms with E-state index >= 15 is 0 Å². The first-order valence-corrected chi connectivity index (χ1v) is 7.20. The van der Waals surface area contributed by atoms with Crippen LogP contribution in [0.1, 0.15) is 5.56 Å². The zero-order valence-electron chi connectivity index (χ0n) is 12.8. The van der Waals surface area contributed by atoms with Gasteiger partial charge in [-0.25, -0.2) is 4.98 Å². The number of ether oxygens (including phenoxy) is 1. The number of methoxy groups -OCH3 is 1. The van der Waals surface area contributed by atoms with Crippen molar-refractivity contribution in [1.29, 1.82) is 0 Å². The Bertz CT molecular complexity index is 868. The molecule has 0 unspecified atom stereocenters. The summed E-state index contributed by atoms with van der Waals surface area (Å²) in [5.41, 5.74) is 4.62. The first-order valence-electron chi connectivity index (χ1n) is 7.20. The monoisotopic (exact) mass is 307 g/mol. The zero-order chi connectivity index (χ0) is 16.2. The first-order chi connectivity index (χ1) is 11.2. The second kappa shape index (κ2) is 6.46. The maximum absolute atomic E-state index is 11.4. The minimum atomic E-state index is -0.234. The molecule has 3 aromatic rings. The molecular formula is C18H17N3O2. The van der Waals surface area contributed by atoms with Crippen molar-refractivity contribution in [2.75, 3.05) is 12.4 Å². The van der Waals surface area contributed by atoms with Crippen LogP contribution in [-0.2, 0) is 16.1 Å². The molecule has 1 heterocycles. The standard InChI is InChI=1S/C18H17N3O2/c1-3-18(22)20-14-5-4-6-15(10-14)21-12-19-16-9-13(11-23-2)7-8-17(16)21/h3-10,12H,1,11H2,2H3,(H,20,22). The van der Waals surface area contributed by atoms with Gasteiger partial charge >= 0.3 is 0 Å². The van der Waals surface area contributed by atoms with Gasteiger partial charge in [-0.2, -0.15) is 0 Å². The second-order valence-electron chi connectivity index (χ2n) is 5.11. The van der Waals surface area contributed by atoms with Gasteiger partial charge in [0.25, 0.3) is 0 Å². The smallest absolute Gasteiger partial charge is 0.247 e. The van der Waals surface area contributed by atoms with Gasteiger partial charge in [-0.05, 0) is 42.0 Å². The van der Waals surface area contributed by atoms with Crippen molar-refractivity contribution >= 4 is 22.6 Å². The summed E-state index contributed by atoms with van der Waals surface area (Å²) in [7, 11) is 1.67. The number of nitrogens with one attached hydrogen (secondary N) is 1. The van der Waals surface area contributed by atoms with E-state index in [4.69, 9.17) is 4.74 Å². The molecule has 116 valence electrons. The van der Waals surface area contributed by atoms with E-state index in [2.05, 4.69) is 16.9 Å². The van der Waals surface area contributed by atoms with Gasteiger partial charge in [-0.3, -0.25) is 9.36 Å². The number of hydrogen-bond acceptors (Lipinski definition) is 3. The first kappa shape index (κ1) is 15.0. The Morgan fingerprint density at radius 3 is 3.00 bits per heavy atom. The van der Waals surface area contributed by atoms with E-state index in [-0.39, 0.29) is 5.91 Å². The molecule has 1 N–H and O–H groups in total. The van der Waals surface area contributed by atoms with Crippen molar-refractivity contribution in [2.24, 2.45) is 0 Å². The fourth-order valence-corrected chi connectivity index (χ4v) is 2.45. The Hall–Kier alpha value is -2.92. The molecule has 1 aromatic heterocycles. The van der Waals surface area contributed by atoms with E-state index in [9.17, 15) is 4.79 Å². The predicted octanol–water partition coefficient (Wildman–Crippen LogP) is 3.30. The Morgan fingerprint density at radius 2 is 2.22 bits per heavy atom. The molecule has 3 rings (SSSR count). The highest BCUT2D eigenvalue weighted by Gasteiger charge is 2.07. The molecule has 2 aromatic carbocycles. The van der Waals surface area contributed by atoms with E-state index in [0.717, 1.165) is 22.3 Å². The molecule has 0 spiro atoms. The van der Waals surface area contributed by atoms with Gasteiger partial charge in [0.05, 0.1) is 17.6 Å². The van der Waals surface area contributed by atoms with Crippen LogP contribution < -0.4 is 5.32 Å². The summed E-state index contributed by atoms with van der Waals surface area (Å²) in [6.07, 6.45) is 3.02. The van der Waals surface area contributed by atoms with Gasteiger partial charge in [0, 0.05) is 18.5 Å². The molecule has 0 radical (unpaired) electrons. The van der Waals surface area contributed by atoms with Crippen molar-refractivity contribution in [3.05, 3.63) is 67.0 Å². The van der Waals surface area contributed by atoms with Crippen LogP contribution in [-0.4, -0.2) is 22.6 Å². The zero-order valence-corrected chi connectivity index (χ0v) is 12.8. The average Bonchev–Trinajstić information content (AvgIpc) is 2.98. The number of hydrogen-bond donors (Lipinski definition) is 1. The molecular weight excluding hydrogens is 290 g/mol. The van der Waals surface area contributed by atoms with Gasteiger partial charge in [0.15, 0.2) is 0 Å². The summed E-state index contributed by atoms with van der Waals surface area (Å²) in [6, 6.07) is 13.6. The van der Waals surface area contributed by atoms with E-state index in [1.807, 2.05) is 47.0 Å². The van der Waals surface area contributed by atoms with E-state index in [1.54, 1.807) is 13.4 Å². The maximum Gasteiger partial charge on any atom is 0.247 e. The maximum atomic E-state index is 11.4. The van der Waals surface area contributed by atoms with Crippen molar-refractivity contribution < 1.29 is 9.53 Å². The Labute approximate surface area is 134 Å². The van der Waals surface area contributed by atoms with Crippen molar-refractivity contribution in [2.45, 2.75) is 6.61 Å². The highest BCUT2D eigenvalue weighted by molar-refractivity contribution is 5.99. The van der Waals surface area contributed by atoms with E-state index < -0.39 is 0 Å². The molecule has 5 nitrogen and oxygen atoms in total. The van der Waals surface area contributed by atoms with Crippen LogP contribution in [0.3, 0.4) is 0 Å². The van der Waals surface area contributed by atoms with Crippen molar-refractivity contribution in [1.82, 2.24) is 9.55 Å². The summed E-state index contributed by atoms with van der Waals surface area (Å²) < 4.78 is 7.13. The molecule has 23 heavy (non-hydrogen) atoms. The van der Waals surface area contributed by atoms with Crippen LogP contribution >= 0.6 is 0 Å². The molecule has 0 aliphatic carbocycles. The molecule has 0 aliphatic rings. The normalized spacial score (nSPS) is 10.7. The predicted molar refractivity (Wildman–Crippen MR) is 90.6 cm³/mol. The van der Waals surface area contributed by atoms with E-state index in [1.165, 1.54) is 6.08 Å². The van der Waals surface area contributed by atoms with Gasteiger partial charge in [0.2, 0.25) is 5.91 Å². The van der Waals surface area contributed by atoms with Crippen LogP contribution in [0.5, 0.6) is 0 Å². The number of anilines is 1. The number of carbonyl (C=O) groups excluding carboxylic acids is 1. The van der Waals surface area contributed by atoms with Crippen LogP contribution in [0.25, 0.3) is 16.7 Å². The SMILES string of the molecule is C=CC(=O)Nc1cccc(-n2cnc3cc(COC)ccc32)c1.